The summed E-state index contributed by atoms with van der Waals surface area (Å²) in [7, 11) is 0. The van der Waals surface area contributed by atoms with Gasteiger partial charge in [0.05, 0.1) is 5.92 Å². The van der Waals surface area contributed by atoms with Crippen LogP contribution >= 0.6 is 0 Å². The normalized spacial score (nSPS) is 30.5. The Morgan fingerprint density at radius 3 is 2.62 bits per heavy atom. The standard InChI is InChI=1S/C15H28N4O2/c16-13-7-3-1-2-6-12(13)14(20)19-8-4-5-11(10-19)9-18-15(17)21/h11-13H,1-10,16H2,(H3,17,18,21). The lowest BCUT2D eigenvalue weighted by Crippen LogP contribution is -2.49. The van der Waals surface area contributed by atoms with Gasteiger partial charge in [0, 0.05) is 25.7 Å². The number of hydrogen-bond acceptors (Lipinski definition) is 3. The molecule has 1 saturated carbocycles. The highest BCUT2D eigenvalue weighted by molar-refractivity contribution is 5.79. The van der Waals surface area contributed by atoms with Crippen LogP contribution in [0.5, 0.6) is 0 Å². The van der Waals surface area contributed by atoms with Gasteiger partial charge in [-0.2, -0.15) is 0 Å². The van der Waals surface area contributed by atoms with Gasteiger partial charge < -0.3 is 21.7 Å². The summed E-state index contributed by atoms with van der Waals surface area (Å²) in [4.78, 5) is 25.5. The summed E-state index contributed by atoms with van der Waals surface area (Å²) in [5.74, 6) is 0.501. The van der Waals surface area contributed by atoms with Crippen LogP contribution in [0.25, 0.3) is 0 Å². The number of piperidine rings is 1. The zero-order valence-electron chi connectivity index (χ0n) is 12.7. The van der Waals surface area contributed by atoms with Crippen LogP contribution in [0.4, 0.5) is 4.79 Å². The van der Waals surface area contributed by atoms with Crippen molar-refractivity contribution in [3.8, 4) is 0 Å². The SMILES string of the molecule is NC(=O)NCC1CCCN(C(=O)C2CCCCCC2N)C1. The minimum absolute atomic E-state index is 0.00382. The van der Waals surface area contributed by atoms with Crippen molar-refractivity contribution in [2.45, 2.75) is 51.0 Å². The van der Waals surface area contributed by atoms with Gasteiger partial charge in [-0.05, 0) is 31.6 Å². The molecule has 2 rings (SSSR count). The predicted molar refractivity (Wildman–Crippen MR) is 81.4 cm³/mol. The molecule has 1 aliphatic heterocycles. The van der Waals surface area contributed by atoms with Crippen molar-refractivity contribution in [2.75, 3.05) is 19.6 Å². The second kappa shape index (κ2) is 7.64. The molecule has 0 spiro atoms. The zero-order chi connectivity index (χ0) is 15.2. The van der Waals surface area contributed by atoms with Crippen molar-refractivity contribution in [3.05, 3.63) is 0 Å². The summed E-state index contributed by atoms with van der Waals surface area (Å²) < 4.78 is 0. The number of carbonyl (C=O) groups excluding carboxylic acids is 2. The molecule has 0 aromatic carbocycles. The van der Waals surface area contributed by atoms with Gasteiger partial charge in [-0.25, -0.2) is 4.79 Å². The number of amides is 3. The van der Waals surface area contributed by atoms with Gasteiger partial charge in [-0.1, -0.05) is 19.3 Å². The summed E-state index contributed by atoms with van der Waals surface area (Å²) in [6.45, 7) is 2.08. The van der Waals surface area contributed by atoms with E-state index in [2.05, 4.69) is 5.32 Å². The van der Waals surface area contributed by atoms with Crippen LogP contribution in [0.15, 0.2) is 0 Å². The number of urea groups is 1. The Labute approximate surface area is 126 Å². The minimum Gasteiger partial charge on any atom is -0.352 e. The van der Waals surface area contributed by atoms with E-state index in [9.17, 15) is 9.59 Å². The second-order valence-electron chi connectivity index (χ2n) is 6.45. The number of carbonyl (C=O) groups is 2. The number of nitrogens with two attached hydrogens (primary N) is 2. The molecule has 1 saturated heterocycles. The van der Waals surface area contributed by atoms with E-state index in [1.54, 1.807) is 0 Å². The Morgan fingerprint density at radius 2 is 1.86 bits per heavy atom. The zero-order valence-corrected chi connectivity index (χ0v) is 12.7. The molecular weight excluding hydrogens is 268 g/mol. The largest absolute Gasteiger partial charge is 0.352 e. The molecule has 0 bridgehead atoms. The lowest BCUT2D eigenvalue weighted by atomic mass is 9.91. The summed E-state index contributed by atoms with van der Waals surface area (Å²) >= 11 is 0. The summed E-state index contributed by atoms with van der Waals surface area (Å²) in [6, 6.07) is -0.492. The van der Waals surface area contributed by atoms with Gasteiger partial charge in [0.25, 0.3) is 0 Å². The first kappa shape index (κ1) is 16.1. The van der Waals surface area contributed by atoms with Crippen molar-refractivity contribution < 1.29 is 9.59 Å². The Bertz CT molecular complexity index is 375. The number of nitrogens with zero attached hydrogens (tertiary/aromatic N) is 1. The Hall–Kier alpha value is -1.30. The van der Waals surface area contributed by atoms with E-state index in [-0.39, 0.29) is 17.9 Å². The number of primary amides is 1. The van der Waals surface area contributed by atoms with Crippen molar-refractivity contribution in [1.82, 2.24) is 10.2 Å². The minimum atomic E-state index is -0.496. The van der Waals surface area contributed by atoms with Gasteiger partial charge in [-0.3, -0.25) is 4.79 Å². The van der Waals surface area contributed by atoms with Gasteiger partial charge in [-0.15, -0.1) is 0 Å². The summed E-state index contributed by atoms with van der Waals surface area (Å²) in [6.07, 6.45) is 7.31. The molecule has 0 aromatic rings. The fourth-order valence-electron chi connectivity index (χ4n) is 3.55. The Kier molecular flexibility index (Phi) is 5.85. The molecule has 2 fully saturated rings. The van der Waals surface area contributed by atoms with Crippen molar-refractivity contribution in [3.63, 3.8) is 0 Å². The summed E-state index contributed by atoms with van der Waals surface area (Å²) in [5, 5.41) is 2.65. The second-order valence-corrected chi connectivity index (χ2v) is 6.45. The molecule has 1 aliphatic carbocycles. The van der Waals surface area contributed by atoms with Crippen molar-refractivity contribution in [1.29, 1.82) is 0 Å². The van der Waals surface area contributed by atoms with Crippen LogP contribution in [0.2, 0.25) is 0 Å². The number of rotatable bonds is 3. The van der Waals surface area contributed by atoms with Gasteiger partial charge in [0.1, 0.15) is 0 Å². The van der Waals surface area contributed by atoms with Crippen LogP contribution < -0.4 is 16.8 Å². The van der Waals surface area contributed by atoms with Gasteiger partial charge in [0.2, 0.25) is 5.91 Å². The van der Waals surface area contributed by atoms with Crippen LogP contribution in [0, 0.1) is 11.8 Å². The van der Waals surface area contributed by atoms with E-state index >= 15 is 0 Å². The molecular formula is C15H28N4O2. The quantitative estimate of drug-likeness (QED) is 0.671. The van der Waals surface area contributed by atoms with E-state index in [0.29, 0.717) is 19.0 Å². The van der Waals surface area contributed by atoms with Crippen molar-refractivity contribution >= 4 is 11.9 Å². The average molecular weight is 296 g/mol. The molecule has 21 heavy (non-hydrogen) atoms. The van der Waals surface area contributed by atoms with Crippen LogP contribution in [0.3, 0.4) is 0 Å². The topological polar surface area (TPSA) is 101 Å². The Morgan fingerprint density at radius 1 is 1.10 bits per heavy atom. The lowest BCUT2D eigenvalue weighted by molar-refractivity contribution is -0.138. The number of likely N-dealkylation sites (tertiary alicyclic amines) is 1. The average Bonchev–Trinajstić information content (AvgIpc) is 2.69. The van der Waals surface area contributed by atoms with Gasteiger partial charge in [0.15, 0.2) is 0 Å². The first-order valence-corrected chi connectivity index (χ1v) is 8.15. The van der Waals surface area contributed by atoms with E-state index in [1.807, 2.05) is 4.90 Å². The molecule has 120 valence electrons. The third kappa shape index (κ3) is 4.59. The van der Waals surface area contributed by atoms with Gasteiger partial charge >= 0.3 is 6.03 Å². The molecule has 3 amide bonds. The molecule has 6 heteroatoms. The number of nitrogens with one attached hydrogen (secondary N) is 1. The maximum atomic E-state index is 12.7. The highest BCUT2D eigenvalue weighted by atomic mass is 16.2. The monoisotopic (exact) mass is 296 g/mol. The lowest BCUT2D eigenvalue weighted by Gasteiger charge is -2.36. The molecule has 6 nitrogen and oxygen atoms in total. The molecule has 3 unspecified atom stereocenters. The first-order chi connectivity index (χ1) is 10.1. The molecule has 0 aromatic heterocycles. The molecule has 5 N–H and O–H groups in total. The van der Waals surface area contributed by atoms with Crippen LogP contribution in [-0.2, 0) is 4.79 Å². The maximum Gasteiger partial charge on any atom is 0.312 e. The smallest absolute Gasteiger partial charge is 0.312 e. The summed E-state index contributed by atoms with van der Waals surface area (Å²) in [5.41, 5.74) is 11.3. The van der Waals surface area contributed by atoms with E-state index < -0.39 is 6.03 Å². The third-order valence-corrected chi connectivity index (χ3v) is 4.78. The molecule has 0 radical (unpaired) electrons. The molecule has 3 atom stereocenters. The maximum absolute atomic E-state index is 12.7. The van der Waals surface area contributed by atoms with Crippen LogP contribution in [-0.4, -0.2) is 42.5 Å². The molecule has 2 aliphatic rings. The number of hydrogen-bond donors (Lipinski definition) is 3. The third-order valence-electron chi connectivity index (χ3n) is 4.78. The fraction of sp³-hybridized carbons (Fsp3) is 0.867. The van der Waals surface area contributed by atoms with Crippen LogP contribution in [0.1, 0.15) is 44.9 Å². The van der Waals surface area contributed by atoms with E-state index in [0.717, 1.165) is 45.1 Å². The highest BCUT2D eigenvalue weighted by Gasteiger charge is 2.32. The molecule has 1 heterocycles. The predicted octanol–water partition coefficient (Wildman–Crippen LogP) is 0.801. The highest BCUT2D eigenvalue weighted by Crippen LogP contribution is 2.26. The van der Waals surface area contributed by atoms with Crippen molar-refractivity contribution in [2.24, 2.45) is 23.3 Å². The fourth-order valence-corrected chi connectivity index (χ4v) is 3.55. The first-order valence-electron chi connectivity index (χ1n) is 8.15. The van der Waals surface area contributed by atoms with E-state index in [1.165, 1.54) is 6.42 Å². The Balaban J connectivity index is 1.90. The van der Waals surface area contributed by atoms with E-state index in [4.69, 9.17) is 11.5 Å².